The minimum absolute atomic E-state index is 0.0570. The molecule has 7 nitrogen and oxygen atoms in total. The Morgan fingerprint density at radius 3 is 2.18 bits per heavy atom. The summed E-state index contributed by atoms with van der Waals surface area (Å²) in [7, 11) is 0. The van der Waals surface area contributed by atoms with Gasteiger partial charge in [-0.3, -0.25) is 9.59 Å². The number of nitrogens with one attached hydrogen (secondary N) is 2. The molecule has 3 amide bonds. The lowest BCUT2D eigenvalue weighted by atomic mass is 9.99. The molecular weight excluding hydrogens is 498 g/mol. The fraction of sp³-hybridized carbons (Fsp3) is 0.500. The lowest BCUT2D eigenvalue weighted by Gasteiger charge is -2.34. The summed E-state index contributed by atoms with van der Waals surface area (Å²) >= 11 is 4.36. The van der Waals surface area contributed by atoms with Crippen LogP contribution in [0, 0.1) is 20.8 Å². The second kappa shape index (κ2) is 14.2. The van der Waals surface area contributed by atoms with Crippen LogP contribution in [-0.2, 0) is 14.3 Å². The Balaban J connectivity index is 2.52. The lowest BCUT2D eigenvalue weighted by molar-refractivity contribution is -0.140. The first-order chi connectivity index (χ1) is 17.9. The normalized spacial score (nSPS) is 12.8. The van der Waals surface area contributed by atoms with Crippen molar-refractivity contribution >= 4 is 36.2 Å². The molecule has 2 aromatic carbocycles. The van der Waals surface area contributed by atoms with Crippen molar-refractivity contribution in [3.63, 3.8) is 0 Å². The maximum absolute atomic E-state index is 14.0. The molecule has 0 aromatic heterocycles. The molecule has 0 bridgehead atoms. The van der Waals surface area contributed by atoms with E-state index in [-0.39, 0.29) is 17.6 Å². The molecule has 38 heavy (non-hydrogen) atoms. The van der Waals surface area contributed by atoms with Crippen LogP contribution in [0.1, 0.15) is 75.3 Å². The summed E-state index contributed by atoms with van der Waals surface area (Å²) in [5, 5.41) is 5.75. The zero-order valence-corrected chi connectivity index (χ0v) is 24.7. The summed E-state index contributed by atoms with van der Waals surface area (Å²) in [4.78, 5) is 42.1. The molecule has 0 aliphatic carbocycles. The number of anilines is 1. The van der Waals surface area contributed by atoms with E-state index < -0.39 is 23.8 Å². The monoisotopic (exact) mass is 541 g/mol. The van der Waals surface area contributed by atoms with Crippen molar-refractivity contribution in [1.29, 1.82) is 0 Å². The van der Waals surface area contributed by atoms with Crippen molar-refractivity contribution in [3.8, 4) is 0 Å². The van der Waals surface area contributed by atoms with Crippen molar-refractivity contribution in [2.45, 2.75) is 85.4 Å². The number of hydrogen-bond acceptors (Lipinski definition) is 5. The second-order valence-corrected chi connectivity index (χ2v) is 11.1. The maximum atomic E-state index is 14.0. The van der Waals surface area contributed by atoms with Crippen LogP contribution in [0.15, 0.2) is 42.5 Å². The highest BCUT2D eigenvalue weighted by molar-refractivity contribution is 7.80. The molecule has 0 aliphatic heterocycles. The minimum Gasteiger partial charge on any atom is -0.444 e. The van der Waals surface area contributed by atoms with Gasteiger partial charge in [0.15, 0.2) is 0 Å². The second-order valence-electron chi connectivity index (χ2n) is 10.7. The first kappa shape index (κ1) is 31.2. The number of rotatable bonds is 11. The van der Waals surface area contributed by atoms with Gasteiger partial charge in [0.1, 0.15) is 17.7 Å². The van der Waals surface area contributed by atoms with Gasteiger partial charge < -0.3 is 20.3 Å². The number of amides is 3. The van der Waals surface area contributed by atoms with Gasteiger partial charge in [-0.2, -0.15) is 12.6 Å². The Kier molecular flexibility index (Phi) is 11.7. The van der Waals surface area contributed by atoms with Gasteiger partial charge >= 0.3 is 6.09 Å². The molecule has 0 saturated carbocycles. The number of nitrogens with zero attached hydrogens (tertiary/aromatic N) is 1. The zero-order valence-electron chi connectivity index (χ0n) is 23.8. The number of aryl methyl sites for hydroxylation is 3. The van der Waals surface area contributed by atoms with Gasteiger partial charge in [-0.1, -0.05) is 67.8 Å². The van der Waals surface area contributed by atoms with E-state index in [0.29, 0.717) is 18.5 Å². The number of ether oxygens (including phenoxy) is 1. The van der Waals surface area contributed by atoms with Gasteiger partial charge in [-0.15, -0.1) is 0 Å². The van der Waals surface area contributed by atoms with E-state index in [4.69, 9.17) is 4.74 Å². The first-order valence-electron chi connectivity index (χ1n) is 13.2. The summed E-state index contributed by atoms with van der Waals surface area (Å²) in [5.41, 5.74) is 3.56. The molecule has 2 aromatic rings. The SMILES string of the molecule is CCCCCN(C(=O)C(CS)NC(=O)OC(C)(C)C)C(C(=O)Nc1c(C)cccc1C)c1cccc(C)c1. The number of unbranched alkanes of at least 4 members (excludes halogenated alkanes) is 2. The fourth-order valence-corrected chi connectivity index (χ4v) is 4.50. The highest BCUT2D eigenvalue weighted by Gasteiger charge is 2.36. The number of carbonyl (C=O) groups is 3. The number of benzene rings is 2. The van der Waals surface area contributed by atoms with Crippen molar-refractivity contribution in [2.75, 3.05) is 17.6 Å². The Morgan fingerprint density at radius 1 is 1.00 bits per heavy atom. The Morgan fingerprint density at radius 2 is 1.63 bits per heavy atom. The van der Waals surface area contributed by atoms with Crippen LogP contribution in [-0.4, -0.2) is 46.7 Å². The molecular formula is C30H43N3O4S. The largest absolute Gasteiger partial charge is 0.444 e. The average molecular weight is 542 g/mol. The molecule has 0 heterocycles. The highest BCUT2D eigenvalue weighted by Crippen LogP contribution is 2.28. The van der Waals surface area contributed by atoms with Crippen molar-refractivity contribution < 1.29 is 19.1 Å². The number of alkyl carbamates (subject to hydrolysis) is 1. The van der Waals surface area contributed by atoms with Crippen LogP contribution in [0.25, 0.3) is 0 Å². The predicted molar refractivity (Wildman–Crippen MR) is 157 cm³/mol. The number of thiol groups is 1. The van der Waals surface area contributed by atoms with Crippen molar-refractivity contribution in [3.05, 3.63) is 64.7 Å². The van der Waals surface area contributed by atoms with E-state index in [0.717, 1.165) is 35.2 Å². The summed E-state index contributed by atoms with van der Waals surface area (Å²) in [5.74, 6) is -0.639. The minimum atomic E-state index is -0.963. The average Bonchev–Trinajstić information content (AvgIpc) is 2.83. The summed E-state index contributed by atoms with van der Waals surface area (Å²) in [6.07, 6.45) is 1.86. The molecule has 0 spiro atoms. The molecule has 0 fully saturated rings. The van der Waals surface area contributed by atoms with Gasteiger partial charge in [0.05, 0.1) is 0 Å². The highest BCUT2D eigenvalue weighted by atomic mass is 32.1. The van der Waals surface area contributed by atoms with E-state index in [1.54, 1.807) is 25.7 Å². The van der Waals surface area contributed by atoms with E-state index in [9.17, 15) is 14.4 Å². The van der Waals surface area contributed by atoms with E-state index in [1.807, 2.05) is 63.2 Å². The van der Waals surface area contributed by atoms with E-state index in [1.165, 1.54) is 0 Å². The van der Waals surface area contributed by atoms with Crippen molar-refractivity contribution in [1.82, 2.24) is 10.2 Å². The smallest absolute Gasteiger partial charge is 0.408 e. The molecule has 2 N–H and O–H groups in total. The Hall–Kier alpha value is -3.00. The predicted octanol–water partition coefficient (Wildman–Crippen LogP) is 6.13. The number of para-hydroxylation sites is 1. The van der Waals surface area contributed by atoms with E-state index in [2.05, 4.69) is 30.2 Å². The Labute approximate surface area is 233 Å². The van der Waals surface area contributed by atoms with Crippen LogP contribution in [0.2, 0.25) is 0 Å². The van der Waals surface area contributed by atoms with Gasteiger partial charge in [-0.05, 0) is 64.7 Å². The topological polar surface area (TPSA) is 87.7 Å². The van der Waals surface area contributed by atoms with Crippen LogP contribution >= 0.6 is 12.6 Å². The molecule has 2 rings (SSSR count). The van der Waals surface area contributed by atoms with Crippen LogP contribution in [0.3, 0.4) is 0 Å². The summed E-state index contributed by atoms with van der Waals surface area (Å²) in [6, 6.07) is 11.6. The molecule has 2 unspecified atom stereocenters. The zero-order chi connectivity index (χ0) is 28.5. The lowest BCUT2D eigenvalue weighted by Crippen LogP contribution is -2.53. The quantitative estimate of drug-likeness (QED) is 0.236. The Bertz CT molecular complexity index is 1090. The molecule has 0 saturated heterocycles. The van der Waals surface area contributed by atoms with Gasteiger partial charge in [0, 0.05) is 18.0 Å². The molecule has 0 radical (unpaired) electrons. The van der Waals surface area contributed by atoms with Crippen LogP contribution in [0.5, 0.6) is 0 Å². The molecule has 208 valence electrons. The third-order valence-electron chi connectivity index (χ3n) is 6.10. The van der Waals surface area contributed by atoms with Crippen molar-refractivity contribution in [2.24, 2.45) is 0 Å². The standard InChI is InChI=1S/C30H43N3O4S/c1-8-9-10-17-33(28(35)24(19-38)31-29(36)37-30(5,6)7)26(23-16-11-13-20(2)18-23)27(34)32-25-21(3)14-12-15-22(25)4/h11-16,18,24,26,38H,8-10,17,19H2,1-7H3,(H,31,36)(H,32,34). The summed E-state index contributed by atoms with van der Waals surface area (Å²) < 4.78 is 5.38. The number of carbonyl (C=O) groups excluding carboxylic acids is 3. The number of hydrogen-bond donors (Lipinski definition) is 3. The molecule has 2 atom stereocenters. The fourth-order valence-electron chi connectivity index (χ4n) is 4.25. The summed E-state index contributed by atoms with van der Waals surface area (Å²) in [6.45, 7) is 13.5. The van der Waals surface area contributed by atoms with Gasteiger partial charge in [0.25, 0.3) is 5.91 Å². The third kappa shape index (κ3) is 9.08. The first-order valence-corrected chi connectivity index (χ1v) is 13.9. The maximum Gasteiger partial charge on any atom is 0.408 e. The molecule has 0 aliphatic rings. The van der Waals surface area contributed by atoms with Crippen LogP contribution < -0.4 is 10.6 Å². The van der Waals surface area contributed by atoms with E-state index >= 15 is 0 Å². The third-order valence-corrected chi connectivity index (χ3v) is 6.47. The molecule has 8 heteroatoms. The van der Waals surface area contributed by atoms with Crippen LogP contribution in [0.4, 0.5) is 10.5 Å². The van der Waals surface area contributed by atoms with Gasteiger partial charge in [0.2, 0.25) is 5.91 Å². The van der Waals surface area contributed by atoms with Gasteiger partial charge in [-0.25, -0.2) is 4.79 Å².